The van der Waals surface area contributed by atoms with E-state index in [1.165, 1.54) is 11.3 Å². The van der Waals surface area contributed by atoms with E-state index in [1.54, 1.807) is 12.1 Å². The fourth-order valence-electron chi connectivity index (χ4n) is 1.90. The number of carbonyl (C=O) groups excluding carboxylic acids is 1. The quantitative estimate of drug-likeness (QED) is 0.921. The van der Waals surface area contributed by atoms with Gasteiger partial charge in [-0.1, -0.05) is 12.8 Å². The summed E-state index contributed by atoms with van der Waals surface area (Å²) >= 11 is 4.45. The Morgan fingerprint density at radius 3 is 2.53 bits per heavy atom. The van der Waals surface area contributed by atoms with E-state index in [4.69, 9.17) is 0 Å². The van der Waals surface area contributed by atoms with Gasteiger partial charge in [-0.3, -0.25) is 4.79 Å². The van der Waals surface area contributed by atoms with Crippen LogP contribution in [0.15, 0.2) is 15.9 Å². The number of carbonyl (C=O) groups is 1. The normalized spacial score (nSPS) is 17.2. The Balaban J connectivity index is 2.08. The molecule has 1 N–H and O–H groups in total. The predicted molar refractivity (Wildman–Crippen MR) is 70.7 cm³/mol. The molecule has 0 unspecified atom stereocenters. The topological polar surface area (TPSA) is 63.2 Å². The molecule has 0 atom stereocenters. The van der Waals surface area contributed by atoms with Gasteiger partial charge >= 0.3 is 0 Å². The SMILES string of the molecule is O=C(NS(=O)(=O)C1CCCC1)c1ccc(Br)s1. The molecule has 2 rings (SSSR count). The summed E-state index contributed by atoms with van der Waals surface area (Å²) in [6, 6.07) is 3.33. The molecular formula is C10H12BrNO3S2. The first-order chi connectivity index (χ1) is 7.99. The van der Waals surface area contributed by atoms with Gasteiger partial charge in [0.2, 0.25) is 10.0 Å². The zero-order valence-corrected chi connectivity index (χ0v) is 12.2. The number of amides is 1. The number of thiophene rings is 1. The Morgan fingerprint density at radius 1 is 1.35 bits per heavy atom. The summed E-state index contributed by atoms with van der Waals surface area (Å²) in [4.78, 5) is 12.1. The molecule has 0 aliphatic heterocycles. The smallest absolute Gasteiger partial charge is 0.267 e. The van der Waals surface area contributed by atoms with Crippen molar-refractivity contribution >= 4 is 43.2 Å². The summed E-state index contributed by atoms with van der Waals surface area (Å²) in [5.41, 5.74) is 0. The van der Waals surface area contributed by atoms with Gasteiger partial charge in [0.05, 0.1) is 13.9 Å². The molecule has 1 aromatic heterocycles. The van der Waals surface area contributed by atoms with Gasteiger partial charge in [-0.2, -0.15) is 0 Å². The van der Waals surface area contributed by atoms with Crippen molar-refractivity contribution in [2.75, 3.05) is 0 Å². The monoisotopic (exact) mass is 337 g/mol. The number of rotatable bonds is 3. The number of halogens is 1. The maximum Gasteiger partial charge on any atom is 0.274 e. The lowest BCUT2D eigenvalue weighted by Gasteiger charge is -2.11. The molecule has 4 nitrogen and oxygen atoms in total. The molecule has 7 heteroatoms. The summed E-state index contributed by atoms with van der Waals surface area (Å²) in [6.07, 6.45) is 3.14. The van der Waals surface area contributed by atoms with Gasteiger partial charge in [0, 0.05) is 0 Å². The fraction of sp³-hybridized carbons (Fsp3) is 0.500. The molecule has 1 saturated carbocycles. The number of nitrogens with one attached hydrogen (secondary N) is 1. The highest BCUT2D eigenvalue weighted by atomic mass is 79.9. The van der Waals surface area contributed by atoms with Gasteiger partial charge in [0.15, 0.2) is 0 Å². The Kier molecular flexibility index (Phi) is 3.89. The van der Waals surface area contributed by atoms with Crippen molar-refractivity contribution in [2.24, 2.45) is 0 Å². The predicted octanol–water partition coefficient (Wildman–Crippen LogP) is 2.51. The lowest BCUT2D eigenvalue weighted by molar-refractivity contribution is 0.0985. The average molecular weight is 338 g/mol. The maximum absolute atomic E-state index is 11.9. The van der Waals surface area contributed by atoms with Crippen molar-refractivity contribution < 1.29 is 13.2 Å². The van der Waals surface area contributed by atoms with Crippen LogP contribution in [0, 0.1) is 0 Å². The van der Waals surface area contributed by atoms with Crippen LogP contribution in [0.4, 0.5) is 0 Å². The third-order valence-corrected chi connectivity index (χ3v) is 6.21. The number of hydrogen-bond donors (Lipinski definition) is 1. The largest absolute Gasteiger partial charge is 0.274 e. The molecule has 1 aliphatic carbocycles. The minimum Gasteiger partial charge on any atom is -0.267 e. The van der Waals surface area contributed by atoms with Crippen LogP contribution in [0.1, 0.15) is 35.4 Å². The molecule has 0 bridgehead atoms. The highest BCUT2D eigenvalue weighted by Crippen LogP contribution is 2.25. The lowest BCUT2D eigenvalue weighted by atomic mass is 10.4. The fourth-order valence-corrected chi connectivity index (χ4v) is 4.73. The van der Waals surface area contributed by atoms with Crippen molar-refractivity contribution in [3.63, 3.8) is 0 Å². The van der Waals surface area contributed by atoms with E-state index in [2.05, 4.69) is 20.7 Å². The summed E-state index contributed by atoms with van der Waals surface area (Å²) in [5.74, 6) is -0.535. The van der Waals surface area contributed by atoms with Crippen LogP contribution in [0.25, 0.3) is 0 Å². The van der Waals surface area contributed by atoms with Gasteiger partial charge < -0.3 is 0 Å². The molecule has 1 amide bonds. The maximum atomic E-state index is 11.9. The van der Waals surface area contributed by atoms with Crippen molar-refractivity contribution in [1.82, 2.24) is 4.72 Å². The minimum atomic E-state index is -3.51. The van der Waals surface area contributed by atoms with Gasteiger partial charge in [-0.15, -0.1) is 11.3 Å². The Hall–Kier alpha value is -0.400. The van der Waals surface area contributed by atoms with E-state index in [-0.39, 0.29) is 0 Å². The molecule has 0 radical (unpaired) electrons. The zero-order valence-electron chi connectivity index (χ0n) is 8.98. The van der Waals surface area contributed by atoms with Crippen LogP contribution < -0.4 is 4.72 Å². The summed E-state index contributed by atoms with van der Waals surface area (Å²) in [7, 11) is -3.51. The van der Waals surface area contributed by atoms with Crippen LogP contribution in [0.3, 0.4) is 0 Å². The van der Waals surface area contributed by atoms with Gasteiger partial charge in [-0.25, -0.2) is 13.1 Å². The molecule has 1 fully saturated rings. The second-order valence-corrected chi connectivity index (χ2v) is 8.41. The van der Waals surface area contributed by atoms with Crippen LogP contribution >= 0.6 is 27.3 Å². The van der Waals surface area contributed by atoms with E-state index in [1.807, 2.05) is 0 Å². The molecule has 1 heterocycles. The van der Waals surface area contributed by atoms with Crippen molar-refractivity contribution in [3.05, 3.63) is 20.8 Å². The minimum absolute atomic E-state index is 0.401. The van der Waals surface area contributed by atoms with Gasteiger partial charge in [-0.05, 0) is 40.9 Å². The highest BCUT2D eigenvalue weighted by Gasteiger charge is 2.30. The lowest BCUT2D eigenvalue weighted by Crippen LogP contribution is -2.36. The van der Waals surface area contributed by atoms with Gasteiger partial charge in [0.1, 0.15) is 0 Å². The number of sulfonamides is 1. The second-order valence-electron chi connectivity index (χ2n) is 3.99. The molecule has 94 valence electrons. The first kappa shape index (κ1) is 13.0. The molecule has 0 spiro atoms. The second kappa shape index (κ2) is 5.07. The van der Waals surface area contributed by atoms with Crippen LogP contribution in [0.5, 0.6) is 0 Å². The molecule has 1 aromatic rings. The summed E-state index contributed by atoms with van der Waals surface area (Å²) in [5, 5.41) is -0.408. The Morgan fingerprint density at radius 2 is 2.00 bits per heavy atom. The average Bonchev–Trinajstić information content (AvgIpc) is 2.86. The van der Waals surface area contributed by atoms with Crippen LogP contribution in [-0.2, 0) is 10.0 Å². The standard InChI is InChI=1S/C10H12BrNO3S2/c11-9-6-5-8(16-9)10(13)12-17(14,15)7-3-1-2-4-7/h5-7H,1-4H2,(H,12,13). The third kappa shape index (κ3) is 3.08. The van der Waals surface area contributed by atoms with Crippen LogP contribution in [0.2, 0.25) is 0 Å². The van der Waals surface area contributed by atoms with Crippen LogP contribution in [-0.4, -0.2) is 19.6 Å². The van der Waals surface area contributed by atoms with E-state index < -0.39 is 21.2 Å². The van der Waals surface area contributed by atoms with E-state index in [9.17, 15) is 13.2 Å². The third-order valence-electron chi connectivity index (χ3n) is 2.77. The summed E-state index contributed by atoms with van der Waals surface area (Å²) < 4.78 is 26.7. The number of hydrogen-bond acceptors (Lipinski definition) is 4. The first-order valence-electron chi connectivity index (χ1n) is 5.30. The summed E-state index contributed by atoms with van der Waals surface area (Å²) in [6.45, 7) is 0. The van der Waals surface area contributed by atoms with Crippen molar-refractivity contribution in [1.29, 1.82) is 0 Å². The Bertz CT molecular complexity index is 517. The van der Waals surface area contributed by atoms with Crippen molar-refractivity contribution in [2.45, 2.75) is 30.9 Å². The Labute approximate surface area is 113 Å². The zero-order chi connectivity index (χ0) is 12.5. The molecule has 1 aliphatic rings. The van der Waals surface area contributed by atoms with E-state index in [0.717, 1.165) is 16.6 Å². The van der Waals surface area contributed by atoms with E-state index >= 15 is 0 Å². The van der Waals surface area contributed by atoms with E-state index in [0.29, 0.717) is 17.7 Å². The first-order valence-corrected chi connectivity index (χ1v) is 8.46. The molecular weight excluding hydrogens is 326 g/mol. The van der Waals surface area contributed by atoms with Gasteiger partial charge in [0.25, 0.3) is 5.91 Å². The molecule has 0 saturated heterocycles. The highest BCUT2D eigenvalue weighted by molar-refractivity contribution is 9.11. The van der Waals surface area contributed by atoms with Crippen molar-refractivity contribution in [3.8, 4) is 0 Å². The molecule has 17 heavy (non-hydrogen) atoms. The molecule has 0 aromatic carbocycles.